The first-order chi connectivity index (χ1) is 13.2. The molecule has 2 heterocycles. The Morgan fingerprint density at radius 3 is 2.56 bits per heavy atom. The van der Waals surface area contributed by atoms with E-state index in [9.17, 15) is 9.90 Å². The van der Waals surface area contributed by atoms with Gasteiger partial charge in [-0.25, -0.2) is 0 Å². The van der Waals surface area contributed by atoms with Crippen LogP contribution in [0.15, 0.2) is 24.5 Å². The van der Waals surface area contributed by atoms with E-state index in [4.69, 9.17) is 0 Å². The summed E-state index contributed by atoms with van der Waals surface area (Å²) in [7, 11) is 0. The molecule has 1 saturated heterocycles. The Balaban J connectivity index is 1.60. The van der Waals surface area contributed by atoms with Crippen molar-refractivity contribution in [1.29, 1.82) is 0 Å². The van der Waals surface area contributed by atoms with Crippen molar-refractivity contribution < 1.29 is 9.90 Å². The molecule has 0 aliphatic carbocycles. The number of hydrogen-bond acceptors (Lipinski definition) is 3. The zero-order chi connectivity index (χ0) is 19.3. The molecule has 0 bridgehead atoms. The van der Waals surface area contributed by atoms with E-state index in [1.54, 1.807) is 6.20 Å². The lowest BCUT2D eigenvalue weighted by Crippen LogP contribution is -2.33. The van der Waals surface area contributed by atoms with Gasteiger partial charge in [-0.05, 0) is 30.9 Å². The van der Waals surface area contributed by atoms with Gasteiger partial charge in [0.2, 0.25) is 5.91 Å². The van der Waals surface area contributed by atoms with Crippen molar-refractivity contribution in [2.75, 3.05) is 6.54 Å². The second-order valence-corrected chi connectivity index (χ2v) is 8.01. The van der Waals surface area contributed by atoms with Crippen LogP contribution in [0.4, 0.5) is 0 Å². The van der Waals surface area contributed by atoms with Gasteiger partial charge in [0.15, 0.2) is 0 Å². The smallest absolute Gasteiger partial charge is 0.225 e. The fourth-order valence-corrected chi connectivity index (χ4v) is 4.10. The number of aromatic nitrogens is 1. The van der Waals surface area contributed by atoms with Crippen LogP contribution in [-0.4, -0.2) is 33.5 Å². The summed E-state index contributed by atoms with van der Waals surface area (Å²) in [6.07, 6.45) is 17.6. The Kier molecular flexibility index (Phi) is 10.4. The van der Waals surface area contributed by atoms with Crippen LogP contribution in [0.3, 0.4) is 0 Å². The summed E-state index contributed by atoms with van der Waals surface area (Å²) in [5.41, 5.74) is 1.11. The molecule has 0 aromatic carbocycles. The molecule has 2 atom stereocenters. The molecule has 1 aliphatic heterocycles. The predicted octanol–water partition coefficient (Wildman–Crippen LogP) is 5.42. The number of unbranched alkanes of at least 4 members (excludes halogenated alkanes) is 8. The van der Waals surface area contributed by atoms with Crippen LogP contribution in [0.1, 0.15) is 102 Å². The number of rotatable bonds is 13. The molecule has 0 radical (unpaired) electrons. The molecule has 27 heavy (non-hydrogen) atoms. The maximum absolute atomic E-state index is 12.6. The average Bonchev–Trinajstić information content (AvgIpc) is 3.17. The highest BCUT2D eigenvalue weighted by Gasteiger charge is 2.30. The molecule has 1 fully saturated rings. The lowest BCUT2D eigenvalue weighted by atomic mass is 10.0. The van der Waals surface area contributed by atoms with Crippen LogP contribution < -0.4 is 0 Å². The number of likely N-dealkylation sites (tertiary alicyclic amines) is 1. The minimum absolute atomic E-state index is 0.0878. The summed E-state index contributed by atoms with van der Waals surface area (Å²) in [6.45, 7) is 3.04. The fraction of sp³-hybridized carbons (Fsp3) is 0.739. The van der Waals surface area contributed by atoms with Crippen LogP contribution in [0.2, 0.25) is 0 Å². The zero-order valence-corrected chi connectivity index (χ0v) is 17.1. The van der Waals surface area contributed by atoms with Gasteiger partial charge in [0.1, 0.15) is 0 Å². The molecule has 4 heteroatoms. The molecule has 4 nitrogen and oxygen atoms in total. The third-order valence-corrected chi connectivity index (χ3v) is 5.69. The van der Waals surface area contributed by atoms with Crippen molar-refractivity contribution >= 4 is 5.91 Å². The SMILES string of the molecule is CCCCCCCCCCCC(O)CC(=O)N1CCCC1c1cccnc1. The third kappa shape index (κ3) is 8.00. The molecule has 152 valence electrons. The number of carbonyl (C=O) groups excluding carboxylic acids is 1. The first kappa shape index (κ1) is 21.9. The highest BCUT2D eigenvalue weighted by atomic mass is 16.3. The van der Waals surface area contributed by atoms with Gasteiger partial charge in [-0.1, -0.05) is 70.8 Å². The van der Waals surface area contributed by atoms with Crippen LogP contribution >= 0.6 is 0 Å². The van der Waals surface area contributed by atoms with E-state index >= 15 is 0 Å². The lowest BCUT2D eigenvalue weighted by Gasteiger charge is -2.26. The summed E-state index contributed by atoms with van der Waals surface area (Å²) in [5.74, 6) is 0.0878. The van der Waals surface area contributed by atoms with Crippen molar-refractivity contribution in [1.82, 2.24) is 9.88 Å². The van der Waals surface area contributed by atoms with Crippen LogP contribution in [0.25, 0.3) is 0 Å². The molecule has 2 unspecified atom stereocenters. The van der Waals surface area contributed by atoms with Crippen molar-refractivity contribution in [2.45, 2.75) is 103 Å². The molecule has 1 aliphatic rings. The average molecular weight is 375 g/mol. The highest BCUT2D eigenvalue weighted by molar-refractivity contribution is 5.77. The summed E-state index contributed by atoms with van der Waals surface area (Å²) < 4.78 is 0. The van der Waals surface area contributed by atoms with E-state index in [-0.39, 0.29) is 18.4 Å². The van der Waals surface area contributed by atoms with Crippen LogP contribution in [0.5, 0.6) is 0 Å². The number of aliphatic hydroxyl groups excluding tert-OH is 1. The molecule has 1 amide bonds. The molecule has 1 N–H and O–H groups in total. The van der Waals surface area contributed by atoms with Gasteiger partial charge in [-0.2, -0.15) is 0 Å². The van der Waals surface area contributed by atoms with Gasteiger partial charge in [0.05, 0.1) is 18.6 Å². The Hall–Kier alpha value is -1.42. The Labute approximate surface area is 165 Å². The fourth-order valence-electron chi connectivity index (χ4n) is 4.10. The largest absolute Gasteiger partial charge is 0.393 e. The number of nitrogens with zero attached hydrogens (tertiary/aromatic N) is 2. The van der Waals surface area contributed by atoms with Crippen molar-refractivity contribution in [3.63, 3.8) is 0 Å². The van der Waals surface area contributed by atoms with E-state index < -0.39 is 6.10 Å². The van der Waals surface area contributed by atoms with Crippen LogP contribution in [0, 0.1) is 0 Å². The molecule has 1 aromatic rings. The number of amides is 1. The molecule has 1 aromatic heterocycles. The van der Waals surface area contributed by atoms with E-state index in [1.807, 2.05) is 23.2 Å². The summed E-state index contributed by atoms with van der Waals surface area (Å²) in [6, 6.07) is 4.10. The molecule has 0 saturated carbocycles. The van der Waals surface area contributed by atoms with Gasteiger partial charge in [0.25, 0.3) is 0 Å². The standard InChI is InChI=1S/C23H38N2O2/c1-2-3-4-5-6-7-8-9-10-14-21(26)18-23(27)25-17-12-15-22(25)20-13-11-16-24-19-20/h11,13,16,19,21-22,26H,2-10,12,14-15,17-18H2,1H3. The van der Waals surface area contributed by atoms with E-state index in [1.165, 1.54) is 51.4 Å². The minimum Gasteiger partial charge on any atom is -0.393 e. The quantitative estimate of drug-likeness (QED) is 0.469. The van der Waals surface area contributed by atoms with Gasteiger partial charge in [-0.3, -0.25) is 9.78 Å². The van der Waals surface area contributed by atoms with E-state index in [0.717, 1.165) is 37.8 Å². The van der Waals surface area contributed by atoms with Gasteiger partial charge < -0.3 is 10.0 Å². The Morgan fingerprint density at radius 2 is 1.89 bits per heavy atom. The normalized spacial score (nSPS) is 18.0. The molecule has 0 spiro atoms. The second-order valence-electron chi connectivity index (χ2n) is 8.01. The van der Waals surface area contributed by atoms with Gasteiger partial charge in [0, 0.05) is 18.9 Å². The summed E-state index contributed by atoms with van der Waals surface area (Å²) in [4.78, 5) is 18.8. The van der Waals surface area contributed by atoms with Gasteiger partial charge in [-0.15, -0.1) is 0 Å². The summed E-state index contributed by atoms with van der Waals surface area (Å²) in [5, 5.41) is 10.3. The highest BCUT2D eigenvalue weighted by Crippen LogP contribution is 2.32. The summed E-state index contributed by atoms with van der Waals surface area (Å²) >= 11 is 0. The molecule has 2 rings (SSSR count). The molecular formula is C23H38N2O2. The maximum Gasteiger partial charge on any atom is 0.225 e. The monoisotopic (exact) mass is 374 g/mol. The first-order valence-corrected chi connectivity index (χ1v) is 11.1. The molecular weight excluding hydrogens is 336 g/mol. The second kappa shape index (κ2) is 12.9. The van der Waals surface area contributed by atoms with Crippen molar-refractivity contribution in [3.8, 4) is 0 Å². The lowest BCUT2D eigenvalue weighted by molar-refractivity contribution is -0.134. The predicted molar refractivity (Wildman–Crippen MR) is 110 cm³/mol. The Morgan fingerprint density at radius 1 is 1.19 bits per heavy atom. The van der Waals surface area contributed by atoms with E-state index in [0.29, 0.717) is 0 Å². The Bertz CT molecular complexity index is 520. The van der Waals surface area contributed by atoms with Crippen LogP contribution in [-0.2, 0) is 4.79 Å². The number of carbonyl (C=O) groups is 1. The van der Waals surface area contributed by atoms with Crippen molar-refractivity contribution in [3.05, 3.63) is 30.1 Å². The third-order valence-electron chi connectivity index (χ3n) is 5.69. The van der Waals surface area contributed by atoms with E-state index in [2.05, 4.69) is 11.9 Å². The van der Waals surface area contributed by atoms with Crippen molar-refractivity contribution in [2.24, 2.45) is 0 Å². The number of pyridine rings is 1. The minimum atomic E-state index is -0.503. The number of hydrogen-bond donors (Lipinski definition) is 1. The van der Waals surface area contributed by atoms with Gasteiger partial charge >= 0.3 is 0 Å². The maximum atomic E-state index is 12.6. The number of aliphatic hydroxyl groups is 1. The topological polar surface area (TPSA) is 53.4 Å². The zero-order valence-electron chi connectivity index (χ0n) is 17.1. The first-order valence-electron chi connectivity index (χ1n) is 11.1.